The highest BCUT2D eigenvalue weighted by Crippen LogP contribution is 2.35. The minimum Gasteiger partial charge on any atom is -0.357 e. The molecule has 5 N–H and O–H groups in total. The van der Waals surface area contributed by atoms with E-state index >= 15 is 0 Å². The molecule has 1 heterocycles. The predicted molar refractivity (Wildman–Crippen MR) is 80.4 cm³/mol. The third kappa shape index (κ3) is 9.71. The lowest BCUT2D eigenvalue weighted by molar-refractivity contribution is -0.275. The van der Waals surface area contributed by atoms with Gasteiger partial charge in [0.25, 0.3) is 0 Å². The third-order valence-corrected chi connectivity index (χ3v) is 2.09. The van der Waals surface area contributed by atoms with Gasteiger partial charge in [0, 0.05) is 7.05 Å². The molecule has 0 aliphatic rings. The van der Waals surface area contributed by atoms with E-state index in [0.717, 1.165) is 0 Å². The second kappa shape index (κ2) is 9.26. The Labute approximate surface area is 144 Å². The van der Waals surface area contributed by atoms with Gasteiger partial charge in [-0.15, -0.1) is 6.42 Å². The van der Waals surface area contributed by atoms with Crippen molar-refractivity contribution in [3.8, 4) is 12.3 Å². The first kappa shape index (κ1) is 23.5. The number of rotatable bonds is 6. The van der Waals surface area contributed by atoms with Crippen LogP contribution >= 0.6 is 0 Å². The summed E-state index contributed by atoms with van der Waals surface area (Å²) in [6, 6.07) is 0. The highest BCUT2D eigenvalue weighted by atomic mass is 32.3. The van der Waals surface area contributed by atoms with Crippen LogP contribution in [-0.4, -0.2) is 64.7 Å². The summed E-state index contributed by atoms with van der Waals surface area (Å²) in [5.41, 5.74) is 0. The summed E-state index contributed by atoms with van der Waals surface area (Å²) < 4.78 is 93.3. The maximum atomic E-state index is 12.8. The van der Waals surface area contributed by atoms with Gasteiger partial charge in [-0.25, -0.2) is 0 Å². The number of aromatic nitrogens is 3. The lowest BCUT2D eigenvalue weighted by Crippen LogP contribution is -2.42. The molecule has 0 aromatic carbocycles. The van der Waals surface area contributed by atoms with Gasteiger partial charge in [-0.1, -0.05) is 5.92 Å². The average Bonchev–Trinajstić information content (AvgIpc) is 2.48. The minimum absolute atomic E-state index is 0.0256. The van der Waals surface area contributed by atoms with E-state index in [1.165, 1.54) is 7.05 Å². The fourth-order valence-corrected chi connectivity index (χ4v) is 1.07. The Hall–Kier alpha value is -2.51. The van der Waals surface area contributed by atoms with Gasteiger partial charge < -0.3 is 16.0 Å². The number of terminal acetylenes is 1. The molecule has 0 aliphatic carbocycles. The van der Waals surface area contributed by atoms with E-state index in [2.05, 4.69) is 31.5 Å². The Morgan fingerprint density at radius 3 is 1.85 bits per heavy atom. The smallest absolute Gasteiger partial charge is 0.357 e. The van der Waals surface area contributed by atoms with E-state index < -0.39 is 35.0 Å². The van der Waals surface area contributed by atoms with E-state index in [-0.39, 0.29) is 18.4 Å². The maximum absolute atomic E-state index is 12.8. The molecular weight excluding hydrogens is 395 g/mol. The molecule has 0 saturated carbocycles. The molecule has 0 aliphatic heterocycles. The molecule has 0 radical (unpaired) electrons. The van der Waals surface area contributed by atoms with Crippen LogP contribution in [0.1, 0.15) is 0 Å². The number of hydrogen-bond donors (Lipinski definition) is 5. The number of anilines is 3. The van der Waals surface area contributed by atoms with Crippen LogP contribution in [0, 0.1) is 12.3 Å². The average molecular weight is 408 g/mol. The van der Waals surface area contributed by atoms with Crippen molar-refractivity contribution in [3.05, 3.63) is 0 Å². The van der Waals surface area contributed by atoms with E-state index in [9.17, 15) is 22.0 Å². The van der Waals surface area contributed by atoms with Crippen molar-refractivity contribution in [2.24, 2.45) is 0 Å². The standard InChI is InChI=1S/C10H11F5N6.H2O4S/c1-3-4-17-7-19-6(16-2)20-8(21-7)18-5-9(11,12)10(13,14)15;1-5(2,3)4/h1H,4-5H2,2H3,(H3,16,17,18,19,20,21);(H2,1,2,3,4). The number of hydrogen-bond acceptors (Lipinski definition) is 8. The van der Waals surface area contributed by atoms with Crippen molar-refractivity contribution in [2.45, 2.75) is 12.1 Å². The zero-order chi connectivity index (χ0) is 20.6. The molecule has 0 fully saturated rings. The van der Waals surface area contributed by atoms with Crippen LogP contribution in [0.25, 0.3) is 0 Å². The number of alkyl halides is 5. The van der Waals surface area contributed by atoms with Crippen molar-refractivity contribution in [1.29, 1.82) is 0 Å². The van der Waals surface area contributed by atoms with Crippen molar-refractivity contribution in [1.82, 2.24) is 15.0 Å². The first-order chi connectivity index (χ1) is 11.7. The molecule has 0 spiro atoms. The van der Waals surface area contributed by atoms with Gasteiger partial charge in [-0.2, -0.15) is 45.3 Å². The summed E-state index contributed by atoms with van der Waals surface area (Å²) in [6.45, 7) is -1.65. The molecular formula is C10H13F5N6O4S. The zero-order valence-corrected chi connectivity index (χ0v) is 13.7. The minimum atomic E-state index is -5.66. The summed E-state index contributed by atoms with van der Waals surface area (Å²) in [5, 5.41) is 6.88. The Bertz CT molecular complexity index is 728. The first-order valence-electron chi connectivity index (χ1n) is 6.19. The van der Waals surface area contributed by atoms with Gasteiger partial charge in [-0.3, -0.25) is 9.11 Å². The van der Waals surface area contributed by atoms with Gasteiger partial charge >= 0.3 is 22.5 Å². The third-order valence-electron chi connectivity index (χ3n) is 2.09. The van der Waals surface area contributed by atoms with Crippen LogP contribution < -0.4 is 16.0 Å². The molecule has 1 aromatic heterocycles. The molecule has 26 heavy (non-hydrogen) atoms. The monoisotopic (exact) mass is 408 g/mol. The predicted octanol–water partition coefficient (Wildman–Crippen LogP) is 0.915. The highest BCUT2D eigenvalue weighted by Gasteiger charge is 2.57. The van der Waals surface area contributed by atoms with Gasteiger partial charge in [0.05, 0.1) is 13.1 Å². The molecule has 1 aromatic rings. The van der Waals surface area contributed by atoms with Crippen LogP contribution in [0.15, 0.2) is 0 Å². The number of nitrogens with zero attached hydrogens (tertiary/aromatic N) is 3. The Morgan fingerprint density at radius 2 is 1.46 bits per heavy atom. The largest absolute Gasteiger partial charge is 0.455 e. The van der Waals surface area contributed by atoms with Gasteiger partial charge in [-0.05, 0) is 0 Å². The molecule has 16 heteroatoms. The summed E-state index contributed by atoms with van der Waals surface area (Å²) >= 11 is 0. The normalized spacial score (nSPS) is 11.7. The molecule has 1 rings (SSSR count). The van der Waals surface area contributed by atoms with Gasteiger partial charge in [0.2, 0.25) is 17.8 Å². The van der Waals surface area contributed by atoms with E-state index in [4.69, 9.17) is 23.9 Å². The van der Waals surface area contributed by atoms with Crippen LogP contribution in [0.3, 0.4) is 0 Å². The van der Waals surface area contributed by atoms with E-state index in [1.54, 1.807) is 0 Å². The van der Waals surface area contributed by atoms with Crippen molar-refractivity contribution in [3.63, 3.8) is 0 Å². The van der Waals surface area contributed by atoms with Gasteiger partial charge in [0.15, 0.2) is 0 Å². The second-order valence-electron chi connectivity index (χ2n) is 4.12. The summed E-state index contributed by atoms with van der Waals surface area (Å²) in [6.07, 6.45) is -0.654. The fourth-order valence-electron chi connectivity index (χ4n) is 1.07. The molecule has 0 unspecified atom stereocenters. The first-order valence-corrected chi connectivity index (χ1v) is 7.58. The van der Waals surface area contributed by atoms with Crippen LogP contribution in [0.2, 0.25) is 0 Å². The number of halogens is 5. The molecule has 0 bridgehead atoms. The van der Waals surface area contributed by atoms with Crippen molar-refractivity contribution < 1.29 is 39.5 Å². The Kier molecular flexibility index (Phi) is 8.37. The van der Waals surface area contributed by atoms with Crippen LogP contribution in [-0.2, 0) is 10.4 Å². The van der Waals surface area contributed by atoms with Crippen LogP contribution in [0.5, 0.6) is 0 Å². The molecule has 10 nitrogen and oxygen atoms in total. The highest BCUT2D eigenvalue weighted by molar-refractivity contribution is 7.79. The molecule has 0 saturated heterocycles. The Morgan fingerprint density at radius 1 is 1.04 bits per heavy atom. The lowest BCUT2D eigenvalue weighted by atomic mass is 10.3. The Balaban J connectivity index is 0.00000110. The fraction of sp³-hybridized carbons (Fsp3) is 0.500. The summed E-state index contributed by atoms with van der Waals surface area (Å²) in [4.78, 5) is 11.0. The van der Waals surface area contributed by atoms with Crippen molar-refractivity contribution in [2.75, 3.05) is 36.1 Å². The zero-order valence-electron chi connectivity index (χ0n) is 12.8. The SMILES string of the molecule is C#CCNc1nc(NC)nc(NCC(F)(F)C(F)(F)F)n1.O=S(=O)(O)O. The van der Waals surface area contributed by atoms with Crippen LogP contribution in [0.4, 0.5) is 39.8 Å². The van der Waals surface area contributed by atoms with Crippen molar-refractivity contribution >= 4 is 28.2 Å². The van der Waals surface area contributed by atoms with E-state index in [0.29, 0.717) is 0 Å². The van der Waals surface area contributed by atoms with E-state index in [1.807, 2.05) is 5.32 Å². The maximum Gasteiger partial charge on any atom is 0.455 e. The summed E-state index contributed by atoms with van der Waals surface area (Å²) in [5.74, 6) is -3.22. The molecule has 0 atom stereocenters. The van der Waals surface area contributed by atoms with Gasteiger partial charge in [0.1, 0.15) is 0 Å². The quantitative estimate of drug-likeness (QED) is 0.261. The lowest BCUT2D eigenvalue weighted by Gasteiger charge is -2.19. The number of nitrogens with one attached hydrogen (secondary N) is 3. The topological polar surface area (TPSA) is 149 Å². The summed E-state index contributed by atoms with van der Waals surface area (Å²) in [7, 11) is -3.23. The second-order valence-corrected chi connectivity index (χ2v) is 5.01. The molecule has 148 valence electrons. The molecule has 0 amide bonds.